The number of ether oxygens (including phenoxy) is 1. The van der Waals surface area contributed by atoms with Crippen LogP contribution in [-0.2, 0) is 11.3 Å². The van der Waals surface area contributed by atoms with Crippen molar-refractivity contribution in [3.8, 4) is 0 Å². The van der Waals surface area contributed by atoms with Crippen LogP contribution in [0.5, 0.6) is 0 Å². The summed E-state index contributed by atoms with van der Waals surface area (Å²) in [7, 11) is 0. The highest BCUT2D eigenvalue weighted by Gasteiger charge is 2.25. The van der Waals surface area contributed by atoms with E-state index in [1.165, 1.54) is 12.1 Å². The lowest BCUT2D eigenvalue weighted by atomic mass is 10.0. The Morgan fingerprint density at radius 2 is 2.26 bits per heavy atom. The molecule has 5 heteroatoms. The second-order valence-electron chi connectivity index (χ2n) is 5.96. The van der Waals surface area contributed by atoms with Crippen molar-refractivity contribution in [2.75, 3.05) is 6.61 Å². The maximum absolute atomic E-state index is 13.2. The Morgan fingerprint density at radius 1 is 1.43 bits per heavy atom. The highest BCUT2D eigenvalue weighted by Crippen LogP contribution is 2.23. The third-order valence-corrected chi connectivity index (χ3v) is 4.73. The molecular formula is C18H20ClFN2O. The Balaban J connectivity index is 1.83. The van der Waals surface area contributed by atoms with Gasteiger partial charge in [0.25, 0.3) is 0 Å². The molecule has 122 valence electrons. The first kappa shape index (κ1) is 16.1. The highest BCUT2D eigenvalue weighted by atomic mass is 35.5. The molecular weight excluding hydrogens is 315 g/mol. The van der Waals surface area contributed by atoms with E-state index in [0.29, 0.717) is 30.0 Å². The molecule has 3 rings (SSSR count). The van der Waals surface area contributed by atoms with E-state index < -0.39 is 0 Å². The van der Waals surface area contributed by atoms with Gasteiger partial charge in [0.2, 0.25) is 5.90 Å². The van der Waals surface area contributed by atoms with Gasteiger partial charge in [-0.15, -0.1) is 0 Å². The zero-order valence-electron chi connectivity index (χ0n) is 13.3. The van der Waals surface area contributed by atoms with E-state index in [-0.39, 0.29) is 11.9 Å². The summed E-state index contributed by atoms with van der Waals surface area (Å²) in [6.07, 6.45) is 3.04. The summed E-state index contributed by atoms with van der Waals surface area (Å²) in [6, 6.07) is 8.62. The van der Waals surface area contributed by atoms with E-state index in [9.17, 15) is 4.39 Å². The fourth-order valence-corrected chi connectivity index (χ4v) is 2.90. The van der Waals surface area contributed by atoms with E-state index in [1.54, 1.807) is 6.07 Å². The molecule has 1 aromatic heterocycles. The van der Waals surface area contributed by atoms with Crippen molar-refractivity contribution in [2.45, 2.75) is 32.9 Å². The summed E-state index contributed by atoms with van der Waals surface area (Å²) in [4.78, 5) is 4.72. The number of rotatable bonds is 5. The van der Waals surface area contributed by atoms with Gasteiger partial charge in [-0.1, -0.05) is 37.9 Å². The van der Waals surface area contributed by atoms with Crippen molar-refractivity contribution in [3.05, 3.63) is 58.6 Å². The topological polar surface area (TPSA) is 26.5 Å². The summed E-state index contributed by atoms with van der Waals surface area (Å²) < 4.78 is 21.0. The molecule has 0 bridgehead atoms. The Kier molecular flexibility index (Phi) is 4.71. The molecule has 2 heterocycles. The molecule has 23 heavy (non-hydrogen) atoms. The van der Waals surface area contributed by atoms with Gasteiger partial charge in [-0.05, 0) is 35.7 Å². The Hall–Kier alpha value is -1.81. The zero-order chi connectivity index (χ0) is 16.4. The molecule has 0 radical (unpaired) electrons. The van der Waals surface area contributed by atoms with Crippen molar-refractivity contribution in [1.29, 1.82) is 0 Å². The average Bonchev–Trinajstić information content (AvgIpc) is 3.18. The molecule has 0 spiro atoms. The van der Waals surface area contributed by atoms with E-state index in [4.69, 9.17) is 21.3 Å². The summed E-state index contributed by atoms with van der Waals surface area (Å²) in [5.41, 5.74) is 1.79. The van der Waals surface area contributed by atoms with Crippen LogP contribution in [0.1, 0.15) is 31.5 Å². The predicted molar refractivity (Wildman–Crippen MR) is 90.7 cm³/mol. The lowest BCUT2D eigenvalue weighted by Gasteiger charge is -2.11. The van der Waals surface area contributed by atoms with Crippen LogP contribution in [0, 0.1) is 11.7 Å². The van der Waals surface area contributed by atoms with Crippen LogP contribution in [0.15, 0.2) is 41.5 Å². The normalized spacial score (nSPS) is 18.6. The molecule has 0 aliphatic carbocycles. The van der Waals surface area contributed by atoms with Crippen molar-refractivity contribution in [1.82, 2.24) is 4.57 Å². The van der Waals surface area contributed by atoms with E-state index in [1.807, 2.05) is 22.9 Å². The molecule has 1 aliphatic rings. The first-order chi connectivity index (χ1) is 11.1. The first-order valence-electron chi connectivity index (χ1n) is 7.88. The predicted octanol–water partition coefficient (Wildman–Crippen LogP) is 4.52. The first-order valence-corrected chi connectivity index (χ1v) is 8.26. The van der Waals surface area contributed by atoms with Crippen molar-refractivity contribution >= 4 is 17.5 Å². The molecule has 3 nitrogen and oxygen atoms in total. The summed E-state index contributed by atoms with van der Waals surface area (Å²) >= 11 is 6.13. The van der Waals surface area contributed by atoms with Gasteiger partial charge in [0, 0.05) is 17.8 Å². The van der Waals surface area contributed by atoms with Crippen LogP contribution in [0.25, 0.3) is 0 Å². The maximum Gasteiger partial charge on any atom is 0.233 e. The summed E-state index contributed by atoms with van der Waals surface area (Å²) in [5, 5.41) is 0.427. The minimum Gasteiger partial charge on any atom is -0.474 e. The Morgan fingerprint density at radius 3 is 3.00 bits per heavy atom. The van der Waals surface area contributed by atoms with Gasteiger partial charge in [-0.2, -0.15) is 0 Å². The second-order valence-corrected chi connectivity index (χ2v) is 6.36. The van der Waals surface area contributed by atoms with Crippen LogP contribution in [0.4, 0.5) is 4.39 Å². The molecule has 0 N–H and O–H groups in total. The van der Waals surface area contributed by atoms with Crippen LogP contribution in [-0.4, -0.2) is 23.1 Å². The SMILES string of the molecule is CCC(C)C1COC(c2cccn2Cc2ccc(F)cc2Cl)=N1. The van der Waals surface area contributed by atoms with Crippen molar-refractivity contribution < 1.29 is 9.13 Å². The summed E-state index contributed by atoms with van der Waals surface area (Å²) in [6.45, 7) is 5.54. The largest absolute Gasteiger partial charge is 0.474 e. The lowest BCUT2D eigenvalue weighted by molar-refractivity contribution is 0.281. The number of benzene rings is 1. The minimum atomic E-state index is -0.327. The number of hydrogen-bond acceptors (Lipinski definition) is 2. The van der Waals surface area contributed by atoms with E-state index >= 15 is 0 Å². The van der Waals surface area contributed by atoms with Crippen LogP contribution in [0.3, 0.4) is 0 Å². The van der Waals surface area contributed by atoms with Gasteiger partial charge in [-0.25, -0.2) is 9.38 Å². The van der Waals surface area contributed by atoms with E-state index in [0.717, 1.165) is 17.7 Å². The molecule has 2 aromatic rings. The second kappa shape index (κ2) is 6.75. The van der Waals surface area contributed by atoms with Crippen LogP contribution < -0.4 is 0 Å². The highest BCUT2D eigenvalue weighted by molar-refractivity contribution is 6.31. The molecule has 0 amide bonds. The average molecular weight is 335 g/mol. The molecule has 2 atom stereocenters. The fraction of sp³-hybridized carbons (Fsp3) is 0.389. The van der Waals surface area contributed by atoms with Gasteiger partial charge < -0.3 is 9.30 Å². The molecule has 0 saturated heterocycles. The molecule has 2 unspecified atom stereocenters. The number of hydrogen-bond donors (Lipinski definition) is 0. The number of nitrogens with zero attached hydrogens (tertiary/aromatic N) is 2. The van der Waals surface area contributed by atoms with Crippen molar-refractivity contribution in [3.63, 3.8) is 0 Å². The molecule has 1 aliphatic heterocycles. The smallest absolute Gasteiger partial charge is 0.233 e. The molecule has 1 aromatic carbocycles. The van der Waals surface area contributed by atoms with Gasteiger partial charge >= 0.3 is 0 Å². The third-order valence-electron chi connectivity index (χ3n) is 4.38. The van der Waals surface area contributed by atoms with Crippen LogP contribution in [0.2, 0.25) is 5.02 Å². The monoisotopic (exact) mass is 334 g/mol. The number of aliphatic imine (C=N–C) groups is 1. The lowest BCUT2D eigenvalue weighted by Crippen LogP contribution is -2.16. The minimum absolute atomic E-state index is 0.216. The molecule has 0 saturated carbocycles. The van der Waals surface area contributed by atoms with Crippen LogP contribution >= 0.6 is 11.6 Å². The zero-order valence-corrected chi connectivity index (χ0v) is 14.1. The Bertz CT molecular complexity index is 726. The van der Waals surface area contributed by atoms with E-state index in [2.05, 4.69) is 13.8 Å². The number of halogens is 2. The number of aromatic nitrogens is 1. The Labute approximate surface area is 140 Å². The van der Waals surface area contributed by atoms with Gasteiger partial charge in [0.1, 0.15) is 18.1 Å². The summed E-state index contributed by atoms with van der Waals surface area (Å²) in [5.74, 6) is 0.854. The van der Waals surface area contributed by atoms with Gasteiger partial charge in [-0.3, -0.25) is 0 Å². The quantitative estimate of drug-likeness (QED) is 0.789. The third kappa shape index (κ3) is 3.42. The van der Waals surface area contributed by atoms with Crippen molar-refractivity contribution in [2.24, 2.45) is 10.9 Å². The van der Waals surface area contributed by atoms with Gasteiger partial charge in [0.15, 0.2) is 0 Å². The molecule has 0 fully saturated rings. The standard InChI is InChI=1S/C18H20ClFN2O/c1-3-12(2)16-11-23-18(21-16)17-5-4-8-22(17)10-13-6-7-14(20)9-15(13)19/h4-9,12,16H,3,10-11H2,1-2H3. The fourth-order valence-electron chi connectivity index (χ4n) is 2.67. The maximum atomic E-state index is 13.2. The van der Waals surface area contributed by atoms with Gasteiger partial charge in [0.05, 0.1) is 6.04 Å².